The molecule has 0 unspecified atom stereocenters. The van der Waals surface area contributed by atoms with Gasteiger partial charge in [-0.15, -0.1) is 0 Å². The fourth-order valence-electron chi connectivity index (χ4n) is 2.62. The number of hydrogen-bond donors (Lipinski definition) is 5. The smallest absolute Gasteiger partial charge is 0.120 e. The lowest BCUT2D eigenvalue weighted by Gasteiger charge is -2.23. The maximum absolute atomic E-state index is 9.81. The molecule has 0 heterocycles. The Balaban J connectivity index is 3.62. The van der Waals surface area contributed by atoms with Gasteiger partial charge in [-0.3, -0.25) is 0 Å². The first-order valence-electron chi connectivity index (χ1n) is 9.12. The molecular weight excluding hydrogens is 294 g/mol. The normalized spacial score (nSPS) is 15.6. The monoisotopic (exact) mass is 331 g/mol. The van der Waals surface area contributed by atoms with Crippen molar-refractivity contribution in [3.63, 3.8) is 0 Å². The van der Waals surface area contributed by atoms with Gasteiger partial charge in [0.2, 0.25) is 0 Å². The zero-order chi connectivity index (χ0) is 17.7. The van der Waals surface area contributed by atoms with E-state index in [0.29, 0.717) is 6.42 Å². The lowest BCUT2D eigenvalue weighted by atomic mass is 9.97. The second-order valence-corrected chi connectivity index (χ2v) is 6.95. The summed E-state index contributed by atoms with van der Waals surface area (Å²) in [4.78, 5) is 0. The van der Waals surface area contributed by atoms with Gasteiger partial charge in [0.1, 0.15) is 12.2 Å². The predicted molar refractivity (Wildman–Crippen MR) is 93.8 cm³/mol. The number of rotatable bonds is 15. The molecule has 0 radical (unpaired) electrons. The average Bonchev–Trinajstić information content (AvgIpc) is 2.51. The van der Waals surface area contributed by atoms with Crippen LogP contribution in [0.1, 0.15) is 78.1 Å². The maximum Gasteiger partial charge on any atom is 0.120 e. The number of aliphatic hydroxyl groups is 4. The Bertz CT molecular complexity index is 297. The molecule has 23 heavy (non-hydrogen) atoms. The number of hydrogen-bond acceptors (Lipinski definition) is 5. The molecular formula is C18H37NO4. The third-order valence-corrected chi connectivity index (χ3v) is 4.23. The lowest BCUT2D eigenvalue weighted by molar-refractivity contribution is -0.0433. The maximum atomic E-state index is 9.81. The number of aliphatic hydroxyl groups excluding tert-OH is 4. The molecule has 0 aromatic heterocycles. The Kier molecular flexibility index (Phi) is 13.6. The molecule has 5 nitrogen and oxygen atoms in total. The fraction of sp³-hybridized carbons (Fsp3) is 0.944. The molecule has 0 aromatic carbocycles. The van der Waals surface area contributed by atoms with E-state index in [-0.39, 0.29) is 18.7 Å². The summed E-state index contributed by atoms with van der Waals surface area (Å²) in [5.41, 5.74) is 0.0615. The zero-order valence-corrected chi connectivity index (χ0v) is 14.9. The Hall–Kier alpha value is -0.490. The highest BCUT2D eigenvalue weighted by Gasteiger charge is 2.27. The van der Waals surface area contributed by atoms with Crippen molar-refractivity contribution < 1.29 is 20.4 Å². The Morgan fingerprint density at radius 3 is 1.87 bits per heavy atom. The Morgan fingerprint density at radius 1 is 0.826 bits per heavy atom. The van der Waals surface area contributed by atoms with Gasteiger partial charge in [0, 0.05) is 12.3 Å². The van der Waals surface area contributed by atoms with Crippen LogP contribution in [0.3, 0.4) is 0 Å². The van der Waals surface area contributed by atoms with Crippen LogP contribution in [0.2, 0.25) is 0 Å². The fourth-order valence-corrected chi connectivity index (χ4v) is 2.62. The number of unbranched alkanes of at least 4 members (excludes halogenated alkanes) is 6. The average molecular weight is 331 g/mol. The van der Waals surface area contributed by atoms with E-state index in [9.17, 15) is 15.3 Å². The van der Waals surface area contributed by atoms with E-state index in [1.165, 1.54) is 32.1 Å². The highest BCUT2D eigenvalue weighted by Crippen LogP contribution is 2.14. The van der Waals surface area contributed by atoms with Gasteiger partial charge in [0.05, 0.1) is 6.10 Å². The third-order valence-electron chi connectivity index (χ3n) is 4.23. The van der Waals surface area contributed by atoms with Gasteiger partial charge in [0.25, 0.3) is 0 Å². The highest BCUT2D eigenvalue weighted by molar-refractivity contribution is 5.86. The zero-order valence-electron chi connectivity index (χ0n) is 14.9. The summed E-state index contributed by atoms with van der Waals surface area (Å²) in [6, 6.07) is 0. The van der Waals surface area contributed by atoms with Gasteiger partial charge in [-0.2, -0.15) is 0 Å². The van der Waals surface area contributed by atoms with Crippen LogP contribution in [0, 0.1) is 11.3 Å². The second kappa shape index (κ2) is 13.9. The van der Waals surface area contributed by atoms with Crippen molar-refractivity contribution in [2.75, 3.05) is 6.61 Å². The molecule has 3 atom stereocenters. The molecule has 0 aliphatic carbocycles. The second-order valence-electron chi connectivity index (χ2n) is 6.95. The van der Waals surface area contributed by atoms with E-state index in [4.69, 9.17) is 10.5 Å². The molecule has 0 spiro atoms. The topological polar surface area (TPSA) is 105 Å². The largest absolute Gasteiger partial charge is 0.396 e. The van der Waals surface area contributed by atoms with E-state index in [0.717, 1.165) is 25.2 Å². The van der Waals surface area contributed by atoms with Crippen molar-refractivity contribution >= 4 is 5.71 Å². The molecule has 0 amide bonds. The van der Waals surface area contributed by atoms with Gasteiger partial charge in [0.15, 0.2) is 0 Å². The van der Waals surface area contributed by atoms with Crippen molar-refractivity contribution in [2.45, 2.75) is 96.4 Å². The molecule has 5 heteroatoms. The van der Waals surface area contributed by atoms with Crippen molar-refractivity contribution in [3.05, 3.63) is 0 Å². The van der Waals surface area contributed by atoms with Gasteiger partial charge >= 0.3 is 0 Å². The van der Waals surface area contributed by atoms with Gasteiger partial charge in [-0.1, -0.05) is 58.8 Å². The summed E-state index contributed by atoms with van der Waals surface area (Å²) in [7, 11) is 0. The minimum atomic E-state index is -1.39. The Labute approximate surface area is 141 Å². The first-order chi connectivity index (χ1) is 10.9. The molecule has 0 aliphatic heterocycles. The van der Waals surface area contributed by atoms with E-state index in [1.54, 1.807) is 0 Å². The molecule has 138 valence electrons. The van der Waals surface area contributed by atoms with Crippen LogP contribution in [-0.2, 0) is 0 Å². The third kappa shape index (κ3) is 11.7. The summed E-state index contributed by atoms with van der Waals surface area (Å²) >= 11 is 0. The van der Waals surface area contributed by atoms with Crippen LogP contribution in [0.5, 0.6) is 0 Å². The molecule has 0 fully saturated rings. The van der Waals surface area contributed by atoms with Crippen LogP contribution in [0.15, 0.2) is 0 Å². The highest BCUT2D eigenvalue weighted by atomic mass is 16.4. The van der Waals surface area contributed by atoms with Crippen LogP contribution in [0.25, 0.3) is 0 Å². The van der Waals surface area contributed by atoms with E-state index in [2.05, 4.69) is 13.8 Å². The SMILES string of the molecule is CC(C)CCCCCCCCCC(=N)[C@H](O)[C@@H](O)[C@H](O)CCO. The number of nitrogens with one attached hydrogen (secondary N) is 1. The summed E-state index contributed by atoms with van der Waals surface area (Å²) < 4.78 is 0. The molecule has 0 bridgehead atoms. The molecule has 0 aromatic rings. The molecule has 0 saturated carbocycles. The summed E-state index contributed by atoms with van der Waals surface area (Å²) in [5.74, 6) is 0.790. The first-order valence-corrected chi connectivity index (χ1v) is 9.12. The van der Waals surface area contributed by atoms with Crippen LogP contribution in [0.4, 0.5) is 0 Å². The van der Waals surface area contributed by atoms with E-state index < -0.39 is 18.3 Å². The predicted octanol–water partition coefficient (Wildman–Crippen LogP) is 2.64. The summed E-state index contributed by atoms with van der Waals surface area (Å²) in [6.07, 6.45) is 5.89. The standard InChI is InChI=1S/C18H37NO4/c1-14(2)10-8-6-4-3-5-7-9-11-15(19)17(22)18(23)16(21)12-13-20/h14,16-23H,3-13H2,1-2H3/t16-,17+,18+/m1/s1. The minimum absolute atomic E-state index is 0.00230. The van der Waals surface area contributed by atoms with Crippen LogP contribution >= 0.6 is 0 Å². The summed E-state index contributed by atoms with van der Waals surface area (Å²) in [6.45, 7) is 4.25. The van der Waals surface area contributed by atoms with Crippen LogP contribution in [-0.4, -0.2) is 51.1 Å². The minimum Gasteiger partial charge on any atom is -0.396 e. The molecule has 5 N–H and O–H groups in total. The van der Waals surface area contributed by atoms with Crippen LogP contribution < -0.4 is 0 Å². The van der Waals surface area contributed by atoms with Crippen molar-refractivity contribution in [3.8, 4) is 0 Å². The van der Waals surface area contributed by atoms with Crippen molar-refractivity contribution in [1.29, 1.82) is 5.41 Å². The molecule has 0 rings (SSSR count). The van der Waals surface area contributed by atoms with E-state index in [1.807, 2.05) is 0 Å². The molecule has 0 saturated heterocycles. The first kappa shape index (κ1) is 22.5. The molecule has 0 aliphatic rings. The van der Waals surface area contributed by atoms with Gasteiger partial charge in [-0.05, 0) is 25.2 Å². The van der Waals surface area contributed by atoms with E-state index >= 15 is 0 Å². The quantitative estimate of drug-likeness (QED) is 0.235. The Morgan fingerprint density at radius 2 is 1.35 bits per heavy atom. The lowest BCUT2D eigenvalue weighted by Crippen LogP contribution is -2.42. The van der Waals surface area contributed by atoms with Gasteiger partial charge < -0.3 is 25.8 Å². The van der Waals surface area contributed by atoms with Gasteiger partial charge in [-0.25, -0.2) is 0 Å². The summed E-state index contributed by atoms with van der Waals surface area (Å²) in [5, 5.41) is 45.5. The van der Waals surface area contributed by atoms with Crippen molar-refractivity contribution in [2.24, 2.45) is 5.92 Å². The van der Waals surface area contributed by atoms with Crippen molar-refractivity contribution in [1.82, 2.24) is 0 Å².